The van der Waals surface area contributed by atoms with Crippen LogP contribution in [0.25, 0.3) is 0 Å². The first kappa shape index (κ1) is 12.8. The molecule has 1 aromatic carbocycles. The molecule has 0 bridgehead atoms. The lowest BCUT2D eigenvalue weighted by molar-refractivity contribution is 0.0291. The molecule has 1 N–H and O–H groups in total. The molecule has 0 saturated carbocycles. The van der Waals surface area contributed by atoms with Gasteiger partial charge in [0.15, 0.2) is 0 Å². The predicted molar refractivity (Wildman–Crippen MR) is 67.5 cm³/mol. The lowest BCUT2D eigenvalue weighted by atomic mass is 9.85. The summed E-state index contributed by atoms with van der Waals surface area (Å²) in [5.41, 5.74) is 0.0513. The van der Waals surface area contributed by atoms with Crippen LogP contribution in [0.5, 0.6) is 0 Å². The Bertz CT molecular complexity index is 538. The summed E-state index contributed by atoms with van der Waals surface area (Å²) in [4.78, 5) is 0. The smallest absolute Gasteiger partial charge is 0.129 e. The first-order chi connectivity index (χ1) is 8.55. The summed E-state index contributed by atoms with van der Waals surface area (Å²) >= 11 is 0. The van der Waals surface area contributed by atoms with Crippen molar-refractivity contribution in [3.63, 3.8) is 0 Å². The van der Waals surface area contributed by atoms with E-state index in [0.29, 0.717) is 18.4 Å². The molecule has 0 fully saturated rings. The molecule has 1 unspecified atom stereocenters. The third kappa shape index (κ3) is 2.43. The van der Waals surface area contributed by atoms with Gasteiger partial charge in [0, 0.05) is 25.2 Å². The molecule has 0 aliphatic heterocycles. The van der Waals surface area contributed by atoms with Crippen molar-refractivity contribution in [3.8, 4) is 0 Å². The van der Waals surface area contributed by atoms with Crippen molar-refractivity contribution in [2.75, 3.05) is 0 Å². The van der Waals surface area contributed by atoms with E-state index in [1.165, 1.54) is 6.07 Å². The molecule has 1 aromatic heterocycles. The summed E-state index contributed by atoms with van der Waals surface area (Å²) in [6.45, 7) is 1.85. The molecule has 0 saturated heterocycles. The van der Waals surface area contributed by atoms with Gasteiger partial charge in [-0.05, 0) is 18.1 Å². The average Bonchev–Trinajstić information content (AvgIpc) is 2.75. The Hall–Kier alpha value is -1.68. The van der Waals surface area contributed by atoms with E-state index >= 15 is 0 Å². The molecular weight excluding hydrogens is 231 g/mol. The van der Waals surface area contributed by atoms with Crippen LogP contribution in [-0.2, 0) is 19.1 Å². The van der Waals surface area contributed by atoms with E-state index in [1.54, 1.807) is 29.1 Å². The molecule has 1 atom stereocenters. The molecule has 1 heterocycles. The van der Waals surface area contributed by atoms with Gasteiger partial charge in [-0.2, -0.15) is 5.10 Å². The number of aryl methyl sites for hydroxylation is 1. The minimum absolute atomic E-state index is 0.344. The van der Waals surface area contributed by atoms with Crippen LogP contribution in [0.3, 0.4) is 0 Å². The summed E-state index contributed by atoms with van der Waals surface area (Å²) in [5.74, 6) is -0.370. The first-order valence-electron chi connectivity index (χ1n) is 6.00. The fraction of sp³-hybridized carbons (Fsp3) is 0.357. The summed E-state index contributed by atoms with van der Waals surface area (Å²) < 4.78 is 15.5. The Morgan fingerprint density at radius 3 is 2.67 bits per heavy atom. The van der Waals surface area contributed by atoms with E-state index in [1.807, 2.05) is 20.2 Å². The SMILES string of the molecule is CCC(O)(Cc1cnn(C)c1)c1ccccc1F. The van der Waals surface area contributed by atoms with Crippen molar-refractivity contribution in [3.05, 3.63) is 53.6 Å². The predicted octanol–water partition coefficient (Wildman–Crippen LogP) is 2.40. The highest BCUT2D eigenvalue weighted by molar-refractivity contribution is 5.26. The number of nitrogens with zero attached hydrogens (tertiary/aromatic N) is 2. The molecule has 3 nitrogen and oxygen atoms in total. The van der Waals surface area contributed by atoms with Crippen LogP contribution in [0.15, 0.2) is 36.7 Å². The van der Waals surface area contributed by atoms with Crippen LogP contribution in [0.4, 0.5) is 4.39 Å². The maximum atomic E-state index is 13.8. The molecule has 0 aliphatic carbocycles. The number of halogens is 1. The van der Waals surface area contributed by atoms with E-state index in [9.17, 15) is 9.50 Å². The van der Waals surface area contributed by atoms with Gasteiger partial charge in [-0.25, -0.2) is 4.39 Å². The van der Waals surface area contributed by atoms with E-state index in [-0.39, 0.29) is 5.82 Å². The first-order valence-corrected chi connectivity index (χ1v) is 6.00. The maximum absolute atomic E-state index is 13.8. The number of hydrogen-bond acceptors (Lipinski definition) is 2. The standard InChI is InChI=1S/C14H17FN2O/c1-3-14(18,8-11-9-16-17(2)10-11)12-6-4-5-7-13(12)15/h4-7,9-10,18H,3,8H2,1-2H3. The Morgan fingerprint density at radius 1 is 1.39 bits per heavy atom. The van der Waals surface area contributed by atoms with Crippen molar-refractivity contribution in [1.82, 2.24) is 9.78 Å². The van der Waals surface area contributed by atoms with Crippen LogP contribution < -0.4 is 0 Å². The van der Waals surface area contributed by atoms with Crippen molar-refractivity contribution in [2.45, 2.75) is 25.4 Å². The maximum Gasteiger partial charge on any atom is 0.129 e. The number of rotatable bonds is 4. The molecule has 0 radical (unpaired) electrons. The number of aliphatic hydroxyl groups is 1. The van der Waals surface area contributed by atoms with Crippen LogP contribution in [0.2, 0.25) is 0 Å². The van der Waals surface area contributed by atoms with Gasteiger partial charge < -0.3 is 5.11 Å². The van der Waals surface area contributed by atoms with Crippen LogP contribution in [0, 0.1) is 5.82 Å². The van der Waals surface area contributed by atoms with E-state index < -0.39 is 5.60 Å². The lowest BCUT2D eigenvalue weighted by Crippen LogP contribution is -2.28. The molecule has 0 amide bonds. The van der Waals surface area contributed by atoms with Gasteiger partial charge in [0.05, 0.1) is 11.8 Å². The second kappa shape index (κ2) is 4.90. The zero-order valence-electron chi connectivity index (χ0n) is 10.6. The lowest BCUT2D eigenvalue weighted by Gasteiger charge is -2.27. The van der Waals surface area contributed by atoms with E-state index in [4.69, 9.17) is 0 Å². The number of hydrogen-bond donors (Lipinski definition) is 1. The summed E-state index contributed by atoms with van der Waals surface area (Å²) in [5, 5.41) is 14.7. The van der Waals surface area contributed by atoms with Gasteiger partial charge >= 0.3 is 0 Å². The highest BCUT2D eigenvalue weighted by Crippen LogP contribution is 2.30. The Kier molecular flexibility index (Phi) is 3.48. The quantitative estimate of drug-likeness (QED) is 0.902. The fourth-order valence-corrected chi connectivity index (χ4v) is 2.15. The van der Waals surface area contributed by atoms with Gasteiger partial charge in [-0.1, -0.05) is 25.1 Å². The average molecular weight is 248 g/mol. The largest absolute Gasteiger partial charge is 0.385 e. The monoisotopic (exact) mass is 248 g/mol. The van der Waals surface area contributed by atoms with Crippen LogP contribution in [-0.4, -0.2) is 14.9 Å². The normalized spacial score (nSPS) is 14.4. The highest BCUT2D eigenvalue weighted by atomic mass is 19.1. The molecule has 0 aliphatic rings. The van der Waals surface area contributed by atoms with Gasteiger partial charge in [-0.3, -0.25) is 4.68 Å². The summed E-state index contributed by atoms with van der Waals surface area (Å²) in [6, 6.07) is 6.37. The number of benzene rings is 1. The van der Waals surface area contributed by atoms with Gasteiger partial charge in [0.25, 0.3) is 0 Å². The van der Waals surface area contributed by atoms with Crippen molar-refractivity contribution < 1.29 is 9.50 Å². The van der Waals surface area contributed by atoms with E-state index in [2.05, 4.69) is 5.10 Å². The molecule has 2 aromatic rings. The van der Waals surface area contributed by atoms with E-state index in [0.717, 1.165) is 5.56 Å². The molecule has 2 rings (SSSR count). The fourth-order valence-electron chi connectivity index (χ4n) is 2.15. The van der Waals surface area contributed by atoms with Gasteiger partial charge in [0.2, 0.25) is 0 Å². The van der Waals surface area contributed by atoms with Crippen LogP contribution in [0.1, 0.15) is 24.5 Å². The van der Waals surface area contributed by atoms with Crippen LogP contribution >= 0.6 is 0 Å². The Morgan fingerprint density at radius 2 is 2.11 bits per heavy atom. The third-order valence-electron chi connectivity index (χ3n) is 3.22. The zero-order chi connectivity index (χ0) is 13.2. The molecule has 0 spiro atoms. The zero-order valence-corrected chi connectivity index (χ0v) is 10.6. The van der Waals surface area contributed by atoms with Gasteiger partial charge in [-0.15, -0.1) is 0 Å². The Labute approximate surface area is 106 Å². The van der Waals surface area contributed by atoms with Crippen molar-refractivity contribution >= 4 is 0 Å². The third-order valence-corrected chi connectivity index (χ3v) is 3.22. The minimum Gasteiger partial charge on any atom is -0.385 e. The highest BCUT2D eigenvalue weighted by Gasteiger charge is 2.30. The molecule has 18 heavy (non-hydrogen) atoms. The van der Waals surface area contributed by atoms with Crippen molar-refractivity contribution in [2.24, 2.45) is 7.05 Å². The molecule has 4 heteroatoms. The van der Waals surface area contributed by atoms with Gasteiger partial charge in [0.1, 0.15) is 5.82 Å². The summed E-state index contributed by atoms with van der Waals surface area (Å²) in [7, 11) is 1.82. The second-order valence-corrected chi connectivity index (χ2v) is 4.56. The number of aromatic nitrogens is 2. The Balaban J connectivity index is 2.33. The minimum atomic E-state index is -1.19. The topological polar surface area (TPSA) is 38.1 Å². The summed E-state index contributed by atoms with van der Waals surface area (Å²) in [6.07, 6.45) is 4.34. The van der Waals surface area contributed by atoms with Crippen molar-refractivity contribution in [1.29, 1.82) is 0 Å². The second-order valence-electron chi connectivity index (χ2n) is 4.56. The molecule has 96 valence electrons. The molecular formula is C14H17FN2O.